The van der Waals surface area contributed by atoms with Gasteiger partial charge in [0.25, 0.3) is 0 Å². The van der Waals surface area contributed by atoms with Gasteiger partial charge in [-0.2, -0.15) is 0 Å². The van der Waals surface area contributed by atoms with E-state index in [1.165, 1.54) is 15.7 Å². The van der Waals surface area contributed by atoms with Gasteiger partial charge in [-0.05, 0) is 36.2 Å². The van der Waals surface area contributed by atoms with E-state index in [1.54, 1.807) is 11.8 Å². The maximum atomic E-state index is 11.7. The number of likely N-dealkylation sites (tertiary alicyclic amines) is 1. The summed E-state index contributed by atoms with van der Waals surface area (Å²) in [6, 6.07) is 14.9. The van der Waals surface area contributed by atoms with Crippen LogP contribution in [0.1, 0.15) is 19.8 Å². The van der Waals surface area contributed by atoms with E-state index in [4.69, 9.17) is 0 Å². The fourth-order valence-electron chi connectivity index (χ4n) is 2.55. The molecule has 0 aromatic heterocycles. The highest BCUT2D eigenvalue weighted by Gasteiger charge is 2.25. The fraction of sp³-hybridized carbons (Fsp3) is 0.312. The second-order valence-corrected chi connectivity index (χ2v) is 6.31. The summed E-state index contributed by atoms with van der Waals surface area (Å²) >= 11 is 1.76. The number of rotatable bonds is 3. The molecule has 98 valence electrons. The van der Waals surface area contributed by atoms with E-state index in [1.807, 2.05) is 4.90 Å². The molecule has 0 aliphatic carbocycles. The van der Waals surface area contributed by atoms with Gasteiger partial charge in [0.2, 0.25) is 5.91 Å². The Labute approximate surface area is 117 Å². The van der Waals surface area contributed by atoms with Crippen LogP contribution in [0.25, 0.3) is 10.8 Å². The van der Waals surface area contributed by atoms with Gasteiger partial charge < -0.3 is 4.90 Å². The van der Waals surface area contributed by atoms with E-state index in [-0.39, 0.29) is 5.37 Å². The van der Waals surface area contributed by atoms with E-state index >= 15 is 0 Å². The molecule has 1 fully saturated rings. The van der Waals surface area contributed by atoms with E-state index < -0.39 is 0 Å². The third-order valence-electron chi connectivity index (χ3n) is 3.58. The molecular formula is C16H17NOS. The molecule has 0 radical (unpaired) electrons. The smallest absolute Gasteiger partial charge is 0.223 e. The monoisotopic (exact) mass is 271 g/mol. The summed E-state index contributed by atoms with van der Waals surface area (Å²) in [6.45, 7) is 3.02. The third-order valence-corrected chi connectivity index (χ3v) is 4.70. The van der Waals surface area contributed by atoms with Crippen LogP contribution in [0.15, 0.2) is 47.4 Å². The summed E-state index contributed by atoms with van der Waals surface area (Å²) in [5.74, 6) is 0.292. The van der Waals surface area contributed by atoms with Crippen molar-refractivity contribution in [3.63, 3.8) is 0 Å². The maximum absolute atomic E-state index is 11.7. The summed E-state index contributed by atoms with van der Waals surface area (Å²) in [6.07, 6.45) is 1.71. The minimum absolute atomic E-state index is 0.219. The molecule has 0 spiro atoms. The highest BCUT2D eigenvalue weighted by atomic mass is 32.2. The zero-order chi connectivity index (χ0) is 13.2. The first-order chi connectivity index (χ1) is 9.24. The molecule has 0 N–H and O–H groups in total. The number of fused-ring (bicyclic) bond motifs is 1. The molecule has 0 saturated carbocycles. The number of hydrogen-bond donors (Lipinski definition) is 0. The first-order valence-electron chi connectivity index (χ1n) is 6.69. The number of carbonyl (C=O) groups excluding carboxylic acids is 1. The quantitative estimate of drug-likeness (QED) is 0.789. The number of hydrogen-bond acceptors (Lipinski definition) is 2. The van der Waals surface area contributed by atoms with Crippen LogP contribution in [0.5, 0.6) is 0 Å². The van der Waals surface area contributed by atoms with E-state index in [9.17, 15) is 4.79 Å². The van der Waals surface area contributed by atoms with Crippen molar-refractivity contribution >= 4 is 28.4 Å². The Balaban J connectivity index is 1.79. The lowest BCUT2D eigenvalue weighted by Gasteiger charge is -2.23. The maximum Gasteiger partial charge on any atom is 0.223 e. The van der Waals surface area contributed by atoms with Crippen LogP contribution in [-0.4, -0.2) is 22.7 Å². The number of benzene rings is 2. The van der Waals surface area contributed by atoms with Crippen molar-refractivity contribution in [2.75, 3.05) is 6.54 Å². The summed E-state index contributed by atoms with van der Waals surface area (Å²) in [4.78, 5) is 14.9. The molecule has 2 aromatic carbocycles. The minimum atomic E-state index is 0.219. The lowest BCUT2D eigenvalue weighted by molar-refractivity contribution is -0.128. The van der Waals surface area contributed by atoms with Crippen molar-refractivity contribution in [3.05, 3.63) is 42.5 Å². The highest BCUT2D eigenvalue weighted by molar-refractivity contribution is 7.99. The topological polar surface area (TPSA) is 20.3 Å². The molecule has 1 atom stereocenters. The Bertz CT molecular complexity index is 610. The van der Waals surface area contributed by atoms with Gasteiger partial charge in [0.15, 0.2) is 0 Å². The lowest BCUT2D eigenvalue weighted by atomic mass is 10.1. The molecule has 1 aliphatic rings. The molecule has 0 bridgehead atoms. The van der Waals surface area contributed by atoms with Crippen LogP contribution in [0.3, 0.4) is 0 Å². The molecule has 2 aromatic rings. The average molecular weight is 271 g/mol. The second kappa shape index (κ2) is 5.25. The van der Waals surface area contributed by atoms with Gasteiger partial charge in [-0.1, -0.05) is 30.3 Å². The van der Waals surface area contributed by atoms with Crippen LogP contribution in [0.4, 0.5) is 0 Å². The highest BCUT2D eigenvalue weighted by Crippen LogP contribution is 2.30. The van der Waals surface area contributed by atoms with Crippen molar-refractivity contribution in [2.45, 2.75) is 30.0 Å². The molecule has 1 aliphatic heterocycles. The van der Waals surface area contributed by atoms with E-state index in [0.29, 0.717) is 12.3 Å². The molecule has 2 nitrogen and oxygen atoms in total. The van der Waals surface area contributed by atoms with Crippen LogP contribution < -0.4 is 0 Å². The first kappa shape index (κ1) is 12.5. The summed E-state index contributed by atoms with van der Waals surface area (Å²) < 4.78 is 0. The summed E-state index contributed by atoms with van der Waals surface area (Å²) in [7, 11) is 0. The molecule has 1 saturated heterocycles. The molecule has 1 unspecified atom stereocenters. The van der Waals surface area contributed by atoms with Crippen molar-refractivity contribution in [1.29, 1.82) is 0 Å². The van der Waals surface area contributed by atoms with Crippen molar-refractivity contribution in [1.82, 2.24) is 4.90 Å². The van der Waals surface area contributed by atoms with Crippen molar-refractivity contribution in [2.24, 2.45) is 0 Å². The Morgan fingerprint density at radius 1 is 1.16 bits per heavy atom. The Morgan fingerprint density at radius 3 is 2.68 bits per heavy atom. The van der Waals surface area contributed by atoms with Gasteiger partial charge >= 0.3 is 0 Å². The standard InChI is InChI=1S/C16H17NOS/c1-12(17-10-4-7-16(17)18)19-15-9-8-13-5-2-3-6-14(13)11-15/h2-3,5-6,8-9,11-12H,4,7,10H2,1H3. The first-order valence-corrected chi connectivity index (χ1v) is 7.57. The molecular weight excluding hydrogens is 254 g/mol. The Hall–Kier alpha value is -1.48. The molecule has 19 heavy (non-hydrogen) atoms. The van der Waals surface area contributed by atoms with Gasteiger partial charge in [0.1, 0.15) is 0 Å². The van der Waals surface area contributed by atoms with Crippen LogP contribution >= 0.6 is 11.8 Å². The summed E-state index contributed by atoms with van der Waals surface area (Å²) in [5.41, 5.74) is 0. The third kappa shape index (κ3) is 2.61. The normalized spacial score (nSPS) is 17.1. The second-order valence-electron chi connectivity index (χ2n) is 4.92. The minimum Gasteiger partial charge on any atom is -0.331 e. The SMILES string of the molecule is CC(Sc1ccc2ccccc2c1)N1CCCC1=O. The van der Waals surface area contributed by atoms with Gasteiger partial charge in [-0.25, -0.2) is 0 Å². The number of thioether (sulfide) groups is 1. The van der Waals surface area contributed by atoms with Crippen molar-refractivity contribution in [3.8, 4) is 0 Å². The van der Waals surface area contributed by atoms with Crippen molar-refractivity contribution < 1.29 is 4.79 Å². The van der Waals surface area contributed by atoms with Gasteiger partial charge in [0.05, 0.1) is 5.37 Å². The fourth-order valence-corrected chi connectivity index (χ4v) is 3.64. The van der Waals surface area contributed by atoms with Crippen LogP contribution in [-0.2, 0) is 4.79 Å². The number of amides is 1. The molecule has 3 heteroatoms. The van der Waals surface area contributed by atoms with Crippen LogP contribution in [0.2, 0.25) is 0 Å². The number of carbonyl (C=O) groups is 1. The molecule has 3 rings (SSSR count). The van der Waals surface area contributed by atoms with Gasteiger partial charge in [0, 0.05) is 17.9 Å². The largest absolute Gasteiger partial charge is 0.331 e. The van der Waals surface area contributed by atoms with Gasteiger partial charge in [-0.15, -0.1) is 11.8 Å². The molecule has 1 amide bonds. The lowest BCUT2D eigenvalue weighted by Crippen LogP contribution is -2.31. The number of nitrogens with zero attached hydrogens (tertiary/aromatic N) is 1. The zero-order valence-corrected chi connectivity index (χ0v) is 11.8. The molecule has 1 heterocycles. The predicted octanol–water partition coefficient (Wildman–Crippen LogP) is 3.90. The predicted molar refractivity (Wildman–Crippen MR) is 80.2 cm³/mol. The Kier molecular flexibility index (Phi) is 3.47. The average Bonchev–Trinajstić information content (AvgIpc) is 2.85. The Morgan fingerprint density at radius 2 is 1.95 bits per heavy atom. The van der Waals surface area contributed by atoms with Gasteiger partial charge in [-0.3, -0.25) is 4.79 Å². The van der Waals surface area contributed by atoms with E-state index in [0.717, 1.165) is 13.0 Å². The van der Waals surface area contributed by atoms with E-state index in [2.05, 4.69) is 49.4 Å². The zero-order valence-electron chi connectivity index (χ0n) is 11.0. The van der Waals surface area contributed by atoms with Crippen LogP contribution in [0, 0.1) is 0 Å². The summed E-state index contributed by atoms with van der Waals surface area (Å²) in [5, 5.41) is 2.74.